The summed E-state index contributed by atoms with van der Waals surface area (Å²) >= 11 is -0.268. The van der Waals surface area contributed by atoms with Crippen LogP contribution in [0.15, 0.2) is 48.5 Å². The normalized spacial score (nSPS) is 10.9. The van der Waals surface area contributed by atoms with E-state index in [1.54, 1.807) is 18.3 Å². The first-order chi connectivity index (χ1) is 11.3. The number of aryl methyl sites for hydroxylation is 2. The predicted molar refractivity (Wildman–Crippen MR) is 104 cm³/mol. The summed E-state index contributed by atoms with van der Waals surface area (Å²) in [5.74, 6) is 0. The molecule has 1 heteroatoms. The maximum atomic E-state index is 2.38. The van der Waals surface area contributed by atoms with Crippen LogP contribution in [-0.2, 0) is 12.8 Å². The van der Waals surface area contributed by atoms with Crippen LogP contribution < -0.4 is 7.22 Å². The molecule has 0 aromatic heterocycles. The van der Waals surface area contributed by atoms with Gasteiger partial charge in [-0.3, -0.25) is 0 Å². The number of benzene rings is 2. The molecule has 0 amide bonds. The van der Waals surface area contributed by atoms with Crippen LogP contribution in [0.3, 0.4) is 0 Å². The molecule has 0 aliphatic heterocycles. The summed E-state index contributed by atoms with van der Waals surface area (Å²) in [5.41, 5.74) is 3.21. The third-order valence-electron chi connectivity index (χ3n) is 4.26. The van der Waals surface area contributed by atoms with Gasteiger partial charge in [-0.15, -0.1) is 0 Å². The summed E-state index contributed by atoms with van der Waals surface area (Å²) in [5, 5.41) is 0. The average molecular weight is 422 g/mol. The topological polar surface area (TPSA) is 0 Å². The van der Waals surface area contributed by atoms with E-state index in [1.807, 2.05) is 0 Å². The molecule has 0 saturated heterocycles. The van der Waals surface area contributed by atoms with Crippen molar-refractivity contribution < 1.29 is 0 Å². The fraction of sp³-hybridized carbons (Fsp3) is 0.455. The minimum atomic E-state index is -0.268. The Hall–Kier alpha value is -0.770. The second-order valence-electron chi connectivity index (χ2n) is 6.23. The van der Waals surface area contributed by atoms with E-state index in [4.69, 9.17) is 0 Å². The zero-order valence-corrected chi connectivity index (χ0v) is 17.0. The van der Waals surface area contributed by atoms with Gasteiger partial charge >= 0.3 is 153 Å². The van der Waals surface area contributed by atoms with Crippen LogP contribution in [0.1, 0.15) is 63.5 Å². The number of unbranched alkanes of at least 4 members (excludes halogenated alkanes) is 4. The second-order valence-corrected chi connectivity index (χ2v) is 9.32. The van der Waals surface area contributed by atoms with E-state index in [2.05, 4.69) is 62.4 Å². The number of rotatable bonds is 10. The molecule has 0 N–H and O–H groups in total. The van der Waals surface area contributed by atoms with E-state index in [0.717, 1.165) is 0 Å². The van der Waals surface area contributed by atoms with Gasteiger partial charge in [-0.2, -0.15) is 0 Å². The standard InChI is InChI=1S/C22H30Te/c1-3-5-7-13-19-15-9-11-17-21(19)23-22-18-12-10-16-20(22)14-8-6-4-2/h9-12,15-18H,3-8,13-14H2,1-2H3. The van der Waals surface area contributed by atoms with E-state index in [1.165, 1.54) is 51.4 Å². The van der Waals surface area contributed by atoms with Crippen LogP contribution >= 0.6 is 0 Å². The van der Waals surface area contributed by atoms with Gasteiger partial charge in [0, 0.05) is 0 Å². The zero-order valence-electron chi connectivity index (χ0n) is 14.7. The third kappa shape index (κ3) is 6.33. The van der Waals surface area contributed by atoms with Gasteiger partial charge in [0.15, 0.2) is 0 Å². The van der Waals surface area contributed by atoms with Crippen LogP contribution in [0.5, 0.6) is 0 Å². The van der Waals surface area contributed by atoms with Crippen molar-refractivity contribution in [3.8, 4) is 0 Å². The molecule has 2 aromatic carbocycles. The molecule has 2 aromatic rings. The minimum absolute atomic E-state index is 0.268. The molecule has 0 bridgehead atoms. The molecule has 0 aliphatic carbocycles. The van der Waals surface area contributed by atoms with Gasteiger partial charge in [-0.1, -0.05) is 0 Å². The molecule has 0 aliphatic rings. The van der Waals surface area contributed by atoms with E-state index in [9.17, 15) is 0 Å². The molecule has 0 nitrogen and oxygen atoms in total. The van der Waals surface area contributed by atoms with Crippen molar-refractivity contribution >= 4 is 28.1 Å². The Bertz CT molecular complexity index is 522. The van der Waals surface area contributed by atoms with Gasteiger partial charge in [-0.25, -0.2) is 0 Å². The summed E-state index contributed by atoms with van der Waals surface area (Å²) in [7, 11) is 0. The van der Waals surface area contributed by atoms with Crippen molar-refractivity contribution in [1.82, 2.24) is 0 Å². The Labute approximate surface area is 152 Å². The van der Waals surface area contributed by atoms with Crippen LogP contribution in [0.4, 0.5) is 0 Å². The summed E-state index contributed by atoms with van der Waals surface area (Å²) in [4.78, 5) is 0. The Kier molecular flexibility index (Phi) is 8.80. The Balaban J connectivity index is 2.09. The summed E-state index contributed by atoms with van der Waals surface area (Å²) < 4.78 is 3.30. The molecule has 0 atom stereocenters. The molecule has 124 valence electrons. The van der Waals surface area contributed by atoms with Crippen LogP contribution in [0, 0.1) is 0 Å². The molecule has 0 radical (unpaired) electrons. The van der Waals surface area contributed by atoms with Crippen molar-refractivity contribution in [2.24, 2.45) is 0 Å². The van der Waals surface area contributed by atoms with Crippen LogP contribution in [0.2, 0.25) is 0 Å². The van der Waals surface area contributed by atoms with E-state index >= 15 is 0 Å². The van der Waals surface area contributed by atoms with E-state index in [-0.39, 0.29) is 20.9 Å². The summed E-state index contributed by atoms with van der Waals surface area (Å²) in [6.07, 6.45) is 10.5. The van der Waals surface area contributed by atoms with Crippen LogP contribution in [-0.4, -0.2) is 20.9 Å². The first kappa shape index (κ1) is 18.6. The van der Waals surface area contributed by atoms with Crippen molar-refractivity contribution in [3.63, 3.8) is 0 Å². The quantitative estimate of drug-likeness (QED) is 0.381. The fourth-order valence-corrected chi connectivity index (χ4v) is 6.10. The zero-order chi connectivity index (χ0) is 16.3. The van der Waals surface area contributed by atoms with Crippen molar-refractivity contribution in [2.45, 2.75) is 65.2 Å². The van der Waals surface area contributed by atoms with Crippen molar-refractivity contribution in [2.75, 3.05) is 0 Å². The third-order valence-corrected chi connectivity index (χ3v) is 7.79. The van der Waals surface area contributed by atoms with E-state index < -0.39 is 0 Å². The van der Waals surface area contributed by atoms with Gasteiger partial charge in [0.2, 0.25) is 0 Å². The SMILES string of the molecule is CCCCCc1ccccc1[Te]c1ccccc1CCCCC. The monoisotopic (exact) mass is 424 g/mol. The van der Waals surface area contributed by atoms with Crippen molar-refractivity contribution in [1.29, 1.82) is 0 Å². The van der Waals surface area contributed by atoms with E-state index in [0.29, 0.717) is 0 Å². The van der Waals surface area contributed by atoms with Gasteiger partial charge < -0.3 is 0 Å². The Morgan fingerprint density at radius 2 is 1.04 bits per heavy atom. The number of hydrogen-bond acceptors (Lipinski definition) is 0. The van der Waals surface area contributed by atoms with Crippen LogP contribution in [0.25, 0.3) is 0 Å². The van der Waals surface area contributed by atoms with Gasteiger partial charge in [0.25, 0.3) is 0 Å². The van der Waals surface area contributed by atoms with Crippen molar-refractivity contribution in [3.05, 3.63) is 59.7 Å². The number of hydrogen-bond donors (Lipinski definition) is 0. The summed E-state index contributed by atoms with van der Waals surface area (Å²) in [6.45, 7) is 4.57. The molecular weight excluding hydrogens is 392 g/mol. The molecule has 0 unspecified atom stereocenters. The molecule has 2 rings (SSSR count). The van der Waals surface area contributed by atoms with Gasteiger partial charge in [0.1, 0.15) is 0 Å². The Morgan fingerprint density at radius 3 is 1.48 bits per heavy atom. The first-order valence-corrected chi connectivity index (χ1v) is 11.5. The molecule has 0 saturated carbocycles. The maximum absolute atomic E-state index is 2.38. The average Bonchev–Trinajstić information content (AvgIpc) is 2.58. The predicted octanol–water partition coefficient (Wildman–Crippen LogP) is 4.81. The molecule has 0 spiro atoms. The second kappa shape index (κ2) is 10.9. The summed E-state index contributed by atoms with van der Waals surface area (Å²) in [6, 6.07) is 18.4. The molecular formula is C22H30Te. The molecule has 0 fully saturated rings. The molecule has 23 heavy (non-hydrogen) atoms. The first-order valence-electron chi connectivity index (χ1n) is 9.18. The fourth-order valence-electron chi connectivity index (χ4n) is 2.87. The molecule has 0 heterocycles. The van der Waals surface area contributed by atoms with Gasteiger partial charge in [0.05, 0.1) is 0 Å². The van der Waals surface area contributed by atoms with Gasteiger partial charge in [-0.05, 0) is 0 Å². The Morgan fingerprint density at radius 1 is 0.609 bits per heavy atom.